The van der Waals surface area contributed by atoms with Crippen LogP contribution in [0.1, 0.15) is 44.4 Å². The minimum Gasteiger partial charge on any atom is -0.486 e. The van der Waals surface area contributed by atoms with Crippen LogP contribution < -0.4 is 4.74 Å². The van der Waals surface area contributed by atoms with E-state index in [9.17, 15) is 13.2 Å². The van der Waals surface area contributed by atoms with E-state index >= 15 is 0 Å². The molecule has 0 saturated heterocycles. The molecule has 6 nitrogen and oxygen atoms in total. The normalized spacial score (nSPS) is 12.0. The topological polar surface area (TPSA) is 76.6 Å². The summed E-state index contributed by atoms with van der Waals surface area (Å²) in [5, 5.41) is 0. The van der Waals surface area contributed by atoms with Gasteiger partial charge in [0.15, 0.2) is 5.78 Å². The smallest absolute Gasteiger partial charge is 0.245 e. The fourth-order valence-electron chi connectivity index (χ4n) is 3.31. The average Bonchev–Trinajstić information content (AvgIpc) is 2.78. The molecule has 2 aromatic carbocycles. The van der Waals surface area contributed by atoms with Gasteiger partial charge in [-0.3, -0.25) is 9.78 Å². The zero-order valence-electron chi connectivity index (χ0n) is 19.5. The number of hydrogen-bond donors (Lipinski definition) is 0. The van der Waals surface area contributed by atoms with Crippen molar-refractivity contribution >= 4 is 15.8 Å². The van der Waals surface area contributed by atoms with Gasteiger partial charge in [0.05, 0.1) is 0 Å². The summed E-state index contributed by atoms with van der Waals surface area (Å²) in [6.45, 7) is 8.21. The number of benzene rings is 2. The van der Waals surface area contributed by atoms with E-state index in [1.54, 1.807) is 36.5 Å². The van der Waals surface area contributed by atoms with E-state index in [-0.39, 0.29) is 35.8 Å². The molecule has 0 aliphatic rings. The molecule has 174 valence electrons. The summed E-state index contributed by atoms with van der Waals surface area (Å²) >= 11 is 0. The van der Waals surface area contributed by atoms with Crippen LogP contribution in [0.15, 0.2) is 78.0 Å². The highest BCUT2D eigenvalue weighted by Crippen LogP contribution is 2.25. The number of sulfonamides is 1. The van der Waals surface area contributed by atoms with E-state index in [0.29, 0.717) is 5.75 Å². The molecule has 0 aliphatic heterocycles. The van der Waals surface area contributed by atoms with Crippen molar-refractivity contribution in [3.63, 3.8) is 0 Å². The van der Waals surface area contributed by atoms with E-state index < -0.39 is 10.0 Å². The molecule has 0 fully saturated rings. The fourth-order valence-corrected chi connectivity index (χ4v) is 4.69. The second-order valence-electron chi connectivity index (χ2n) is 9.05. The van der Waals surface area contributed by atoms with Gasteiger partial charge in [0, 0.05) is 25.5 Å². The van der Waals surface area contributed by atoms with Gasteiger partial charge in [-0.05, 0) is 53.3 Å². The molecule has 3 aromatic rings. The predicted molar refractivity (Wildman–Crippen MR) is 128 cm³/mol. The zero-order chi connectivity index (χ0) is 24.1. The lowest BCUT2D eigenvalue weighted by molar-refractivity contribution is -0.118. The Balaban J connectivity index is 1.91. The molecule has 0 saturated carbocycles. The average molecular weight is 467 g/mol. The van der Waals surface area contributed by atoms with Crippen molar-refractivity contribution in [1.29, 1.82) is 0 Å². The van der Waals surface area contributed by atoms with E-state index in [0.717, 1.165) is 11.1 Å². The lowest BCUT2D eigenvalue weighted by Gasteiger charge is -2.24. The Hall–Kier alpha value is -3.03. The van der Waals surface area contributed by atoms with Crippen LogP contribution in [0.4, 0.5) is 0 Å². The molecule has 0 N–H and O–H groups in total. The van der Waals surface area contributed by atoms with Crippen LogP contribution in [0, 0.1) is 0 Å². The van der Waals surface area contributed by atoms with Crippen molar-refractivity contribution in [2.45, 2.75) is 51.1 Å². The summed E-state index contributed by atoms with van der Waals surface area (Å²) < 4.78 is 33.9. The maximum absolute atomic E-state index is 13.5. The summed E-state index contributed by atoms with van der Waals surface area (Å²) in [6.07, 6.45) is 2.90. The first-order valence-corrected chi connectivity index (χ1v) is 12.2. The van der Waals surface area contributed by atoms with E-state index in [1.165, 1.54) is 23.0 Å². The maximum atomic E-state index is 13.5. The molecule has 0 aliphatic carbocycles. The predicted octanol–water partition coefficient (Wildman–Crippen LogP) is 4.74. The Bertz CT molecular complexity index is 1180. The highest BCUT2D eigenvalue weighted by atomic mass is 32.2. The Labute approximate surface area is 196 Å². The molecule has 1 aromatic heterocycles. The molecular weight excluding hydrogens is 436 g/mol. The van der Waals surface area contributed by atoms with E-state index in [2.05, 4.69) is 25.8 Å². The van der Waals surface area contributed by atoms with Crippen molar-refractivity contribution in [1.82, 2.24) is 9.29 Å². The van der Waals surface area contributed by atoms with Gasteiger partial charge in [-0.15, -0.1) is 0 Å². The van der Waals surface area contributed by atoms with Crippen molar-refractivity contribution in [3.8, 4) is 5.75 Å². The number of pyridine rings is 1. The third kappa shape index (κ3) is 6.73. The summed E-state index contributed by atoms with van der Waals surface area (Å²) in [5.74, 6) is 0.441. The SMILES string of the molecule is CC(=O)COc1cccc(CN(Cc2ccc(C(C)(C)C)cc2)S(=O)(=O)c2cccnc2)c1. The quantitative estimate of drug-likeness (QED) is 0.455. The number of carbonyl (C=O) groups excluding carboxylic acids is 1. The molecule has 33 heavy (non-hydrogen) atoms. The standard InChI is InChI=1S/C26H30N2O4S/c1-20(29)19-32-24-8-5-7-22(15-24)18-28(33(30,31)25-9-6-14-27-16-25)17-21-10-12-23(13-11-21)26(2,3)4/h5-16H,17-19H2,1-4H3. The molecule has 0 unspecified atom stereocenters. The number of carbonyl (C=O) groups is 1. The fraction of sp³-hybridized carbons (Fsp3) is 0.308. The Morgan fingerprint density at radius 2 is 1.67 bits per heavy atom. The minimum absolute atomic E-state index is 0.0142. The van der Waals surface area contributed by atoms with Gasteiger partial charge >= 0.3 is 0 Å². The summed E-state index contributed by atoms with van der Waals surface area (Å²) in [6, 6.07) is 18.3. The van der Waals surface area contributed by atoms with Gasteiger partial charge in [-0.2, -0.15) is 4.31 Å². The molecule has 3 rings (SSSR count). The van der Waals surface area contributed by atoms with Gasteiger partial charge < -0.3 is 4.74 Å². The third-order valence-corrected chi connectivity index (χ3v) is 6.93. The summed E-state index contributed by atoms with van der Waals surface area (Å²) in [7, 11) is -3.80. The molecule has 0 bridgehead atoms. The number of ketones is 1. The van der Waals surface area contributed by atoms with Crippen molar-refractivity contribution in [2.24, 2.45) is 0 Å². The van der Waals surface area contributed by atoms with E-state index in [1.807, 2.05) is 30.3 Å². The highest BCUT2D eigenvalue weighted by molar-refractivity contribution is 7.89. The highest BCUT2D eigenvalue weighted by Gasteiger charge is 2.25. The number of nitrogens with zero attached hydrogens (tertiary/aromatic N) is 2. The molecule has 0 spiro atoms. The summed E-state index contributed by atoms with van der Waals surface area (Å²) in [4.78, 5) is 15.4. The second kappa shape index (κ2) is 10.3. The van der Waals surface area contributed by atoms with Crippen LogP contribution in [0.3, 0.4) is 0 Å². The van der Waals surface area contributed by atoms with Crippen molar-refractivity contribution in [2.75, 3.05) is 6.61 Å². The Kier molecular flexibility index (Phi) is 7.66. The van der Waals surface area contributed by atoms with Crippen LogP contribution in [0.5, 0.6) is 5.75 Å². The van der Waals surface area contributed by atoms with Crippen LogP contribution >= 0.6 is 0 Å². The number of rotatable bonds is 9. The van der Waals surface area contributed by atoms with Gasteiger partial charge in [-0.1, -0.05) is 57.2 Å². The number of hydrogen-bond acceptors (Lipinski definition) is 5. The zero-order valence-corrected chi connectivity index (χ0v) is 20.3. The van der Waals surface area contributed by atoms with Crippen molar-refractivity contribution in [3.05, 3.63) is 89.7 Å². The Morgan fingerprint density at radius 3 is 2.27 bits per heavy atom. The van der Waals surface area contributed by atoms with Crippen molar-refractivity contribution < 1.29 is 17.9 Å². The number of Topliss-reactive ketones (excluding diaryl/α,β-unsaturated/α-hetero) is 1. The van der Waals surface area contributed by atoms with Crippen LogP contribution in [-0.2, 0) is 33.3 Å². The molecule has 0 amide bonds. The second-order valence-corrected chi connectivity index (χ2v) is 11.0. The lowest BCUT2D eigenvalue weighted by atomic mass is 9.87. The lowest BCUT2D eigenvalue weighted by Crippen LogP contribution is -2.30. The maximum Gasteiger partial charge on any atom is 0.245 e. The first-order valence-electron chi connectivity index (χ1n) is 10.8. The molecule has 1 heterocycles. The minimum atomic E-state index is -3.80. The van der Waals surface area contributed by atoms with Crippen LogP contribution in [0.25, 0.3) is 0 Å². The monoisotopic (exact) mass is 466 g/mol. The molecule has 0 atom stereocenters. The van der Waals surface area contributed by atoms with E-state index in [4.69, 9.17) is 4.74 Å². The van der Waals surface area contributed by atoms with Gasteiger partial charge in [0.1, 0.15) is 17.3 Å². The first kappa shape index (κ1) is 24.6. The molecule has 7 heteroatoms. The number of ether oxygens (including phenoxy) is 1. The van der Waals surface area contributed by atoms with Gasteiger partial charge in [0.25, 0.3) is 0 Å². The van der Waals surface area contributed by atoms with Gasteiger partial charge in [-0.25, -0.2) is 8.42 Å². The largest absolute Gasteiger partial charge is 0.486 e. The molecular formula is C26H30N2O4S. The first-order chi connectivity index (χ1) is 15.6. The van der Waals surface area contributed by atoms with Crippen LogP contribution in [-0.4, -0.2) is 30.1 Å². The summed E-state index contributed by atoms with van der Waals surface area (Å²) in [5.41, 5.74) is 2.85. The van der Waals surface area contributed by atoms with Gasteiger partial charge in [0.2, 0.25) is 10.0 Å². The third-order valence-electron chi connectivity index (χ3n) is 5.15. The molecule has 0 radical (unpaired) electrons. The Morgan fingerprint density at radius 1 is 0.970 bits per heavy atom. The number of aromatic nitrogens is 1. The van der Waals surface area contributed by atoms with Crippen LogP contribution in [0.2, 0.25) is 0 Å².